The Bertz CT molecular complexity index is 3590. The summed E-state index contributed by atoms with van der Waals surface area (Å²) < 4.78 is 5.02. The van der Waals surface area contributed by atoms with Gasteiger partial charge in [-0.2, -0.15) is 0 Å². The average Bonchev–Trinajstić information content (AvgIpc) is 3.88. The van der Waals surface area contributed by atoms with Gasteiger partial charge in [0.2, 0.25) is 0 Å². The first-order chi connectivity index (χ1) is 30.3. The molecule has 0 spiro atoms. The lowest BCUT2D eigenvalue weighted by Gasteiger charge is -2.29. The molecule has 0 aliphatic heterocycles. The van der Waals surface area contributed by atoms with Crippen LogP contribution in [0.4, 0.5) is 17.1 Å². The van der Waals surface area contributed by atoms with Crippen molar-refractivity contribution < 1.29 is 0 Å². The third-order valence-electron chi connectivity index (χ3n) is 12.2. The number of nitrogens with zero attached hydrogens (tertiary/aromatic N) is 2. The summed E-state index contributed by atoms with van der Waals surface area (Å²) in [6.07, 6.45) is 0. The van der Waals surface area contributed by atoms with E-state index in [1.807, 2.05) is 11.3 Å². The zero-order valence-corrected chi connectivity index (χ0v) is 34.1. The van der Waals surface area contributed by atoms with Crippen molar-refractivity contribution in [2.24, 2.45) is 0 Å². The summed E-state index contributed by atoms with van der Waals surface area (Å²) in [4.78, 5) is 2.47. The molecule has 0 radical (unpaired) electrons. The molecule has 0 bridgehead atoms. The van der Waals surface area contributed by atoms with Gasteiger partial charge < -0.3 is 9.47 Å². The summed E-state index contributed by atoms with van der Waals surface area (Å²) in [6.45, 7) is 0. The average molecular weight is 795 g/mol. The van der Waals surface area contributed by atoms with E-state index in [0.717, 1.165) is 33.8 Å². The van der Waals surface area contributed by atoms with Crippen molar-refractivity contribution in [1.29, 1.82) is 0 Å². The first-order valence-corrected chi connectivity index (χ1v) is 21.7. The van der Waals surface area contributed by atoms with Crippen molar-refractivity contribution in [2.45, 2.75) is 0 Å². The summed E-state index contributed by atoms with van der Waals surface area (Å²) >= 11 is 1.86. The monoisotopic (exact) mass is 794 g/mol. The number of thiophene rings is 1. The van der Waals surface area contributed by atoms with Gasteiger partial charge >= 0.3 is 0 Å². The van der Waals surface area contributed by atoms with Crippen molar-refractivity contribution in [3.8, 4) is 39.1 Å². The van der Waals surface area contributed by atoms with Gasteiger partial charge in [-0.1, -0.05) is 170 Å². The fourth-order valence-electron chi connectivity index (χ4n) is 9.53. The molecule has 61 heavy (non-hydrogen) atoms. The Morgan fingerprint density at radius 1 is 0.344 bits per heavy atom. The molecular formula is C58H38N2S. The maximum Gasteiger partial charge on any atom is 0.0561 e. The molecule has 0 unspecified atom stereocenters. The van der Waals surface area contributed by atoms with E-state index in [9.17, 15) is 0 Å². The first kappa shape index (κ1) is 35.2. The molecular weight excluding hydrogens is 757 g/mol. The second kappa shape index (κ2) is 14.5. The van der Waals surface area contributed by atoms with E-state index in [-0.39, 0.29) is 0 Å². The minimum Gasteiger partial charge on any atom is -0.310 e. The topological polar surface area (TPSA) is 8.17 Å². The Kier molecular flexibility index (Phi) is 8.39. The van der Waals surface area contributed by atoms with Gasteiger partial charge in [0, 0.05) is 53.6 Å². The van der Waals surface area contributed by atoms with Crippen LogP contribution in [0.3, 0.4) is 0 Å². The summed E-state index contributed by atoms with van der Waals surface area (Å²) in [6, 6.07) is 84.3. The lowest BCUT2D eigenvalue weighted by atomic mass is 9.90. The van der Waals surface area contributed by atoms with E-state index < -0.39 is 0 Å². The molecule has 0 amide bonds. The quantitative estimate of drug-likeness (QED) is 0.156. The van der Waals surface area contributed by atoms with E-state index in [1.54, 1.807) is 0 Å². The summed E-state index contributed by atoms with van der Waals surface area (Å²) in [5.74, 6) is 0. The summed E-state index contributed by atoms with van der Waals surface area (Å²) in [7, 11) is 0. The van der Waals surface area contributed by atoms with Crippen LogP contribution < -0.4 is 4.90 Å². The molecule has 0 aliphatic carbocycles. The van der Waals surface area contributed by atoms with Crippen LogP contribution in [0.1, 0.15) is 0 Å². The minimum atomic E-state index is 1.08. The highest BCUT2D eigenvalue weighted by atomic mass is 32.1. The van der Waals surface area contributed by atoms with Gasteiger partial charge in [0.25, 0.3) is 0 Å². The minimum absolute atomic E-state index is 1.08. The van der Waals surface area contributed by atoms with Crippen LogP contribution in [0, 0.1) is 0 Å². The van der Waals surface area contributed by atoms with Crippen LogP contribution in [0.5, 0.6) is 0 Å². The smallest absolute Gasteiger partial charge is 0.0561 e. The van der Waals surface area contributed by atoms with Crippen molar-refractivity contribution in [3.63, 3.8) is 0 Å². The van der Waals surface area contributed by atoms with Gasteiger partial charge in [-0.15, -0.1) is 11.3 Å². The molecule has 12 rings (SSSR count). The molecule has 0 fully saturated rings. The number of rotatable bonds is 7. The molecule has 2 nitrogen and oxygen atoms in total. The zero-order valence-electron chi connectivity index (χ0n) is 33.2. The SMILES string of the molecule is c1ccc(-c2cccc3cccc(-c4ccccc4N(c4cccc(-c5cccc6sc7ccccc7c56)c4)c4ccc5c6ccccc6n(-c6ccccc6)c5c4)c23)cc1. The van der Waals surface area contributed by atoms with Crippen molar-refractivity contribution in [2.75, 3.05) is 4.90 Å². The number of anilines is 3. The van der Waals surface area contributed by atoms with Gasteiger partial charge in [0.05, 0.1) is 16.7 Å². The molecule has 0 saturated carbocycles. The molecule has 0 N–H and O–H groups in total. The van der Waals surface area contributed by atoms with Crippen LogP contribution in [0.2, 0.25) is 0 Å². The van der Waals surface area contributed by atoms with E-state index in [0.29, 0.717) is 0 Å². The second-order valence-corrected chi connectivity index (χ2v) is 16.7. The maximum absolute atomic E-state index is 2.47. The van der Waals surface area contributed by atoms with E-state index in [4.69, 9.17) is 0 Å². The zero-order chi connectivity index (χ0) is 40.3. The highest BCUT2D eigenvalue weighted by molar-refractivity contribution is 7.25. The molecule has 286 valence electrons. The molecule has 0 saturated heterocycles. The van der Waals surface area contributed by atoms with Crippen molar-refractivity contribution in [3.05, 3.63) is 231 Å². The third kappa shape index (κ3) is 5.85. The standard InChI is InChI=1S/C58H38N2S/c1-3-17-39(18-4-1)45-28-14-19-40-20-15-30-50(57(40)45)48-26-8-10-31-52(48)59(43-24-13-21-41(37-43)46-29-16-34-56-58(46)51-27-9-12-33-55(51)61-56)44-35-36-49-47-25-7-11-32-53(47)60(54(49)38-44)42-22-5-2-6-23-42/h1-38H. The second-order valence-electron chi connectivity index (χ2n) is 15.6. The maximum atomic E-state index is 2.47. The van der Waals surface area contributed by atoms with E-state index in [2.05, 4.69) is 240 Å². The van der Waals surface area contributed by atoms with Crippen LogP contribution in [0.25, 0.3) is 91.8 Å². The normalized spacial score (nSPS) is 11.6. The number of hydrogen-bond acceptors (Lipinski definition) is 2. The van der Waals surface area contributed by atoms with Crippen LogP contribution >= 0.6 is 11.3 Å². The lowest BCUT2D eigenvalue weighted by molar-refractivity contribution is 1.18. The Labute approximate surface area is 358 Å². The van der Waals surface area contributed by atoms with Gasteiger partial charge in [-0.05, 0) is 99.3 Å². The van der Waals surface area contributed by atoms with Crippen LogP contribution in [0.15, 0.2) is 231 Å². The van der Waals surface area contributed by atoms with Crippen molar-refractivity contribution >= 4 is 81.1 Å². The molecule has 2 aromatic heterocycles. The predicted octanol–water partition coefficient (Wildman–Crippen LogP) is 16.8. The van der Waals surface area contributed by atoms with E-state index in [1.165, 1.54) is 75.1 Å². The largest absolute Gasteiger partial charge is 0.310 e. The number of benzene rings is 10. The number of fused-ring (bicyclic) bond motifs is 7. The fourth-order valence-corrected chi connectivity index (χ4v) is 10.7. The molecule has 0 aliphatic rings. The van der Waals surface area contributed by atoms with E-state index >= 15 is 0 Å². The van der Waals surface area contributed by atoms with Crippen LogP contribution in [-0.2, 0) is 0 Å². The fraction of sp³-hybridized carbons (Fsp3) is 0. The number of hydrogen-bond donors (Lipinski definition) is 0. The Balaban J connectivity index is 1.13. The summed E-state index contributed by atoms with van der Waals surface area (Å²) in [5.41, 5.74) is 14.0. The van der Waals surface area contributed by atoms with Crippen molar-refractivity contribution in [1.82, 2.24) is 4.57 Å². The lowest BCUT2D eigenvalue weighted by Crippen LogP contribution is -2.11. The third-order valence-corrected chi connectivity index (χ3v) is 13.3. The number of aromatic nitrogens is 1. The number of para-hydroxylation sites is 3. The van der Waals surface area contributed by atoms with Gasteiger partial charge in [0.1, 0.15) is 0 Å². The Morgan fingerprint density at radius 3 is 1.79 bits per heavy atom. The summed E-state index contributed by atoms with van der Waals surface area (Å²) in [5, 5.41) is 7.53. The Hall–Kier alpha value is -7.72. The molecule has 2 heterocycles. The highest BCUT2D eigenvalue weighted by Crippen LogP contribution is 2.47. The molecule has 12 aromatic rings. The molecule has 0 atom stereocenters. The van der Waals surface area contributed by atoms with Gasteiger partial charge in [0.15, 0.2) is 0 Å². The predicted molar refractivity (Wildman–Crippen MR) is 262 cm³/mol. The van der Waals surface area contributed by atoms with Gasteiger partial charge in [-0.25, -0.2) is 0 Å². The first-order valence-electron chi connectivity index (χ1n) is 20.8. The molecule has 3 heteroatoms. The molecule has 10 aromatic carbocycles. The van der Waals surface area contributed by atoms with Crippen LogP contribution in [-0.4, -0.2) is 4.57 Å². The highest BCUT2D eigenvalue weighted by Gasteiger charge is 2.22. The van der Waals surface area contributed by atoms with Gasteiger partial charge in [-0.3, -0.25) is 0 Å². The Morgan fingerprint density at radius 2 is 0.934 bits per heavy atom.